The van der Waals surface area contributed by atoms with Crippen molar-refractivity contribution in [1.29, 1.82) is 0 Å². The highest BCUT2D eigenvalue weighted by Gasteiger charge is 2.38. The van der Waals surface area contributed by atoms with Crippen molar-refractivity contribution in [1.82, 2.24) is 19.4 Å². The summed E-state index contributed by atoms with van der Waals surface area (Å²) in [6.07, 6.45) is 8.16. The number of imidazole rings is 1. The zero-order chi connectivity index (χ0) is 16.4. The number of thiazole rings is 1. The first-order valence-corrected chi connectivity index (χ1v) is 9.53. The van der Waals surface area contributed by atoms with Crippen LogP contribution < -0.4 is 4.90 Å². The fourth-order valence-corrected chi connectivity index (χ4v) is 4.44. The minimum absolute atomic E-state index is 0.264. The Kier molecular flexibility index (Phi) is 4.56. The van der Waals surface area contributed by atoms with E-state index < -0.39 is 0 Å². The molecule has 24 heavy (non-hydrogen) atoms. The molecule has 7 heteroatoms. The molecule has 2 fully saturated rings. The van der Waals surface area contributed by atoms with Crippen LogP contribution in [0, 0.1) is 5.41 Å². The summed E-state index contributed by atoms with van der Waals surface area (Å²) in [6.45, 7) is 6.87. The molecule has 2 aromatic heterocycles. The van der Waals surface area contributed by atoms with Gasteiger partial charge in [-0.1, -0.05) is 0 Å². The molecule has 0 atom stereocenters. The molecular weight excluding hydrogens is 322 g/mol. The fraction of sp³-hybridized carbons (Fsp3) is 0.647. The zero-order valence-electron chi connectivity index (χ0n) is 14.2. The van der Waals surface area contributed by atoms with Crippen molar-refractivity contribution in [2.45, 2.75) is 19.4 Å². The maximum absolute atomic E-state index is 5.98. The summed E-state index contributed by atoms with van der Waals surface area (Å²) in [7, 11) is 2.07. The molecule has 0 aromatic carbocycles. The van der Waals surface area contributed by atoms with Gasteiger partial charge in [0.25, 0.3) is 0 Å². The molecule has 1 spiro atoms. The minimum Gasteiger partial charge on any atom is -0.379 e. The molecule has 0 amide bonds. The lowest BCUT2D eigenvalue weighted by Gasteiger charge is -2.42. The fourth-order valence-electron chi connectivity index (χ4n) is 3.77. The van der Waals surface area contributed by atoms with Gasteiger partial charge in [0, 0.05) is 49.5 Å². The number of aromatic nitrogens is 3. The summed E-state index contributed by atoms with van der Waals surface area (Å²) in [5, 5.41) is 3.19. The summed E-state index contributed by atoms with van der Waals surface area (Å²) >= 11 is 1.73. The molecule has 0 radical (unpaired) electrons. The average molecular weight is 347 g/mol. The summed E-state index contributed by atoms with van der Waals surface area (Å²) < 4.78 is 8.09. The van der Waals surface area contributed by atoms with Gasteiger partial charge in [-0.3, -0.25) is 4.90 Å². The number of likely N-dealkylation sites (tertiary alicyclic amines) is 1. The highest BCUT2D eigenvalue weighted by Crippen LogP contribution is 2.36. The van der Waals surface area contributed by atoms with Crippen molar-refractivity contribution in [2.75, 3.05) is 44.3 Å². The number of hydrogen-bond donors (Lipinski definition) is 0. The van der Waals surface area contributed by atoms with Crippen molar-refractivity contribution in [2.24, 2.45) is 12.5 Å². The van der Waals surface area contributed by atoms with E-state index in [0.29, 0.717) is 0 Å². The van der Waals surface area contributed by atoms with Crippen LogP contribution in [-0.2, 0) is 18.3 Å². The topological polar surface area (TPSA) is 46.4 Å². The van der Waals surface area contributed by atoms with Crippen LogP contribution >= 0.6 is 11.3 Å². The van der Waals surface area contributed by atoms with Gasteiger partial charge >= 0.3 is 0 Å². The van der Waals surface area contributed by atoms with E-state index in [1.54, 1.807) is 11.3 Å². The molecule has 0 aliphatic carbocycles. The number of ether oxygens (including phenoxy) is 1. The van der Waals surface area contributed by atoms with Crippen molar-refractivity contribution in [3.8, 4) is 0 Å². The van der Waals surface area contributed by atoms with Crippen molar-refractivity contribution >= 4 is 16.5 Å². The Morgan fingerprint density at radius 3 is 2.79 bits per heavy atom. The smallest absolute Gasteiger partial charge is 0.185 e. The zero-order valence-corrected chi connectivity index (χ0v) is 15.0. The second-order valence-electron chi connectivity index (χ2n) is 7.02. The van der Waals surface area contributed by atoms with Gasteiger partial charge in [-0.25, -0.2) is 9.97 Å². The number of piperidine rings is 1. The first kappa shape index (κ1) is 16.1. The van der Waals surface area contributed by atoms with Gasteiger partial charge in [-0.15, -0.1) is 11.3 Å². The Labute approximate surface area is 147 Å². The third-order valence-electron chi connectivity index (χ3n) is 5.33. The van der Waals surface area contributed by atoms with E-state index in [-0.39, 0.29) is 5.41 Å². The summed E-state index contributed by atoms with van der Waals surface area (Å²) in [5.41, 5.74) is 0.264. The average Bonchev–Trinajstić information content (AvgIpc) is 3.21. The van der Waals surface area contributed by atoms with Crippen LogP contribution in [0.3, 0.4) is 0 Å². The lowest BCUT2D eigenvalue weighted by molar-refractivity contribution is 0.0194. The highest BCUT2D eigenvalue weighted by atomic mass is 32.1. The van der Waals surface area contributed by atoms with Gasteiger partial charge in [0.05, 0.1) is 19.8 Å². The monoisotopic (exact) mass is 347 g/mol. The van der Waals surface area contributed by atoms with Crippen LogP contribution in [0.15, 0.2) is 24.0 Å². The molecule has 0 bridgehead atoms. The maximum Gasteiger partial charge on any atom is 0.185 e. The standard InChI is InChI=1S/C17H25N5OS/c1-20-8-4-18-15(20)12-21-6-2-17(3-7-21)13-22(9-10-23-14-17)16-19-5-11-24-16/h4-5,8,11H,2-3,6-7,9-10,12-14H2,1H3. The summed E-state index contributed by atoms with van der Waals surface area (Å²) in [5.74, 6) is 1.15. The van der Waals surface area contributed by atoms with Gasteiger partial charge in [-0.2, -0.15) is 0 Å². The largest absolute Gasteiger partial charge is 0.379 e. The van der Waals surface area contributed by atoms with Gasteiger partial charge in [-0.05, 0) is 25.9 Å². The third-order valence-corrected chi connectivity index (χ3v) is 6.16. The second-order valence-corrected chi connectivity index (χ2v) is 7.89. The Morgan fingerprint density at radius 1 is 1.21 bits per heavy atom. The van der Waals surface area contributed by atoms with Crippen molar-refractivity contribution in [3.05, 3.63) is 29.8 Å². The molecule has 2 aliphatic rings. The molecule has 2 aromatic rings. The van der Waals surface area contributed by atoms with Gasteiger partial charge in [0.1, 0.15) is 5.82 Å². The highest BCUT2D eigenvalue weighted by molar-refractivity contribution is 7.13. The SMILES string of the molecule is Cn1ccnc1CN1CCC2(CC1)COCCN(c1nccs1)C2. The van der Waals surface area contributed by atoms with Crippen LogP contribution in [0.2, 0.25) is 0 Å². The molecule has 6 nitrogen and oxygen atoms in total. The predicted molar refractivity (Wildman–Crippen MR) is 95.3 cm³/mol. The Balaban J connectivity index is 1.40. The van der Waals surface area contributed by atoms with Crippen LogP contribution in [0.5, 0.6) is 0 Å². The second kappa shape index (κ2) is 6.82. The molecule has 0 unspecified atom stereocenters. The number of aryl methyl sites for hydroxylation is 1. The number of rotatable bonds is 3. The number of nitrogens with zero attached hydrogens (tertiary/aromatic N) is 5. The van der Waals surface area contributed by atoms with Crippen LogP contribution in [0.1, 0.15) is 18.7 Å². The summed E-state index contributed by atoms with van der Waals surface area (Å²) in [4.78, 5) is 13.9. The normalized spacial score (nSPS) is 22.0. The quantitative estimate of drug-likeness (QED) is 0.850. The van der Waals surface area contributed by atoms with Crippen LogP contribution in [0.4, 0.5) is 5.13 Å². The Bertz CT molecular complexity index is 648. The molecule has 130 valence electrons. The lowest BCUT2D eigenvalue weighted by atomic mass is 9.78. The van der Waals surface area contributed by atoms with Crippen molar-refractivity contribution < 1.29 is 4.74 Å². The van der Waals surface area contributed by atoms with Crippen LogP contribution in [-0.4, -0.2) is 58.8 Å². The van der Waals surface area contributed by atoms with Gasteiger partial charge < -0.3 is 14.2 Å². The predicted octanol–water partition coefficient (Wildman–Crippen LogP) is 2.00. The third kappa shape index (κ3) is 3.34. The number of anilines is 1. The molecule has 0 N–H and O–H groups in total. The van der Waals surface area contributed by atoms with Crippen LogP contribution in [0.25, 0.3) is 0 Å². The molecule has 2 aliphatic heterocycles. The van der Waals surface area contributed by atoms with Gasteiger partial charge in [0.15, 0.2) is 5.13 Å². The maximum atomic E-state index is 5.98. The van der Waals surface area contributed by atoms with Gasteiger partial charge in [0.2, 0.25) is 0 Å². The number of hydrogen-bond acceptors (Lipinski definition) is 6. The molecule has 4 heterocycles. The molecule has 4 rings (SSSR count). The Hall–Kier alpha value is -1.44. The molecule has 2 saturated heterocycles. The molecule has 0 saturated carbocycles. The lowest BCUT2D eigenvalue weighted by Crippen LogP contribution is -2.47. The van der Waals surface area contributed by atoms with Crippen molar-refractivity contribution in [3.63, 3.8) is 0 Å². The van der Waals surface area contributed by atoms with E-state index in [9.17, 15) is 0 Å². The first-order valence-electron chi connectivity index (χ1n) is 8.65. The Morgan fingerprint density at radius 2 is 2.08 bits per heavy atom. The van der Waals surface area contributed by atoms with E-state index >= 15 is 0 Å². The minimum atomic E-state index is 0.264. The van der Waals surface area contributed by atoms with E-state index in [4.69, 9.17) is 4.74 Å². The van der Waals surface area contributed by atoms with E-state index in [2.05, 4.69) is 36.8 Å². The molecular formula is C17H25N5OS. The first-order chi connectivity index (χ1) is 11.7. The van der Waals surface area contributed by atoms with E-state index in [1.165, 1.54) is 12.8 Å². The summed E-state index contributed by atoms with van der Waals surface area (Å²) in [6, 6.07) is 0. The van der Waals surface area contributed by atoms with E-state index in [0.717, 1.165) is 56.9 Å². The van der Waals surface area contributed by atoms with E-state index in [1.807, 2.05) is 18.6 Å².